The highest BCUT2D eigenvalue weighted by Gasteiger charge is 2.16. The first kappa shape index (κ1) is 21.2. The number of nitrogens with one attached hydrogen (secondary N) is 2. The van der Waals surface area contributed by atoms with Crippen molar-refractivity contribution in [2.45, 2.75) is 26.9 Å². The van der Waals surface area contributed by atoms with Gasteiger partial charge in [-0.05, 0) is 48.7 Å². The van der Waals surface area contributed by atoms with Crippen molar-refractivity contribution in [3.05, 3.63) is 88.4 Å². The van der Waals surface area contributed by atoms with Crippen LogP contribution in [0.4, 0.5) is 4.39 Å². The number of nitrogens with zero attached hydrogens (tertiary/aromatic N) is 4. The molecule has 2 amide bonds. The summed E-state index contributed by atoms with van der Waals surface area (Å²) in [5.74, 6) is -0.959. The summed E-state index contributed by atoms with van der Waals surface area (Å²) in [7, 11) is 1.82. The Morgan fingerprint density at radius 1 is 1.03 bits per heavy atom. The van der Waals surface area contributed by atoms with Gasteiger partial charge in [0.25, 0.3) is 11.8 Å². The molecule has 1 aromatic carbocycles. The number of imidazole rings is 1. The van der Waals surface area contributed by atoms with E-state index in [9.17, 15) is 14.0 Å². The lowest BCUT2D eigenvalue weighted by Gasteiger charge is -2.08. The molecule has 0 atom stereocenters. The number of hydrogen-bond acceptors (Lipinski definition) is 4. The lowest BCUT2D eigenvalue weighted by atomic mass is 10.1. The van der Waals surface area contributed by atoms with Gasteiger partial charge in [-0.3, -0.25) is 18.7 Å². The fourth-order valence-corrected chi connectivity index (χ4v) is 3.48. The Balaban J connectivity index is 1.49. The van der Waals surface area contributed by atoms with E-state index in [0.717, 1.165) is 16.8 Å². The molecule has 0 saturated heterocycles. The van der Waals surface area contributed by atoms with Crippen LogP contribution >= 0.6 is 0 Å². The van der Waals surface area contributed by atoms with Gasteiger partial charge in [0.05, 0.1) is 18.4 Å². The topological polar surface area (TPSA) is 93.3 Å². The first-order valence-corrected chi connectivity index (χ1v) is 10.1. The van der Waals surface area contributed by atoms with Crippen molar-refractivity contribution in [1.29, 1.82) is 0 Å². The third-order valence-corrected chi connectivity index (χ3v) is 5.32. The molecule has 0 saturated carbocycles. The van der Waals surface area contributed by atoms with Gasteiger partial charge in [-0.15, -0.1) is 0 Å². The van der Waals surface area contributed by atoms with Crippen LogP contribution in [0.1, 0.15) is 43.4 Å². The minimum absolute atomic E-state index is 0.187. The molecule has 8 nitrogen and oxygen atoms in total. The summed E-state index contributed by atoms with van der Waals surface area (Å²) in [4.78, 5) is 29.7. The highest BCUT2D eigenvalue weighted by Crippen LogP contribution is 2.12. The molecule has 164 valence electrons. The fourth-order valence-electron chi connectivity index (χ4n) is 3.48. The van der Waals surface area contributed by atoms with E-state index in [1.165, 1.54) is 12.3 Å². The Bertz CT molecular complexity index is 1300. The van der Waals surface area contributed by atoms with Crippen LogP contribution < -0.4 is 10.6 Å². The predicted molar refractivity (Wildman–Crippen MR) is 117 cm³/mol. The first-order chi connectivity index (χ1) is 15.3. The number of fused-ring (bicyclic) bond motifs is 1. The van der Waals surface area contributed by atoms with E-state index in [-0.39, 0.29) is 29.9 Å². The standard InChI is InChI=1S/C23H23FN6O2/c1-14-9-16(7-8-17(14)24)11-25-22(31)18-13-30-19(5-4-6-21(30)28-18)23(32)26-12-20-15(2)10-27-29(20)3/h4-10,13H,11-12H2,1-3H3,(H,25,31)(H,26,32). The maximum absolute atomic E-state index is 13.4. The van der Waals surface area contributed by atoms with Crippen molar-refractivity contribution in [3.8, 4) is 0 Å². The zero-order valence-electron chi connectivity index (χ0n) is 18.0. The first-order valence-electron chi connectivity index (χ1n) is 10.1. The van der Waals surface area contributed by atoms with Crippen LogP contribution in [0.3, 0.4) is 0 Å². The number of benzene rings is 1. The van der Waals surface area contributed by atoms with Crippen LogP contribution in [0.2, 0.25) is 0 Å². The Hall–Kier alpha value is -4.01. The molecule has 4 rings (SSSR count). The molecule has 0 spiro atoms. The molecule has 0 radical (unpaired) electrons. The van der Waals surface area contributed by atoms with Crippen molar-refractivity contribution in [1.82, 2.24) is 29.8 Å². The summed E-state index contributed by atoms with van der Waals surface area (Å²) in [6, 6.07) is 9.80. The minimum atomic E-state index is -0.382. The average Bonchev–Trinajstić information content (AvgIpc) is 3.35. The number of pyridine rings is 1. The third-order valence-electron chi connectivity index (χ3n) is 5.32. The molecule has 3 aromatic heterocycles. The number of aryl methyl sites for hydroxylation is 3. The van der Waals surface area contributed by atoms with E-state index in [0.29, 0.717) is 23.4 Å². The lowest BCUT2D eigenvalue weighted by molar-refractivity contribution is 0.0934. The van der Waals surface area contributed by atoms with Crippen molar-refractivity contribution in [2.24, 2.45) is 7.05 Å². The second kappa shape index (κ2) is 8.62. The second-order valence-corrected chi connectivity index (χ2v) is 7.61. The van der Waals surface area contributed by atoms with Crippen LogP contribution in [0.25, 0.3) is 5.65 Å². The highest BCUT2D eigenvalue weighted by molar-refractivity contribution is 5.95. The Morgan fingerprint density at radius 2 is 1.81 bits per heavy atom. The van der Waals surface area contributed by atoms with E-state index < -0.39 is 0 Å². The minimum Gasteiger partial charge on any atom is -0.347 e. The number of amides is 2. The summed E-state index contributed by atoms with van der Waals surface area (Å²) in [6.07, 6.45) is 3.28. The zero-order valence-corrected chi connectivity index (χ0v) is 18.0. The molecule has 0 aliphatic carbocycles. The molecular formula is C23H23FN6O2. The smallest absolute Gasteiger partial charge is 0.271 e. The summed E-state index contributed by atoms with van der Waals surface area (Å²) in [6.45, 7) is 4.18. The number of aromatic nitrogens is 4. The number of carbonyl (C=O) groups excluding carboxylic acids is 2. The molecule has 3 heterocycles. The third kappa shape index (κ3) is 4.22. The molecule has 9 heteroatoms. The Labute approximate surface area is 184 Å². The summed E-state index contributed by atoms with van der Waals surface area (Å²) in [5, 5.41) is 9.85. The van der Waals surface area contributed by atoms with Crippen molar-refractivity contribution < 1.29 is 14.0 Å². The lowest BCUT2D eigenvalue weighted by Crippen LogP contribution is -2.26. The molecule has 0 fully saturated rings. The van der Waals surface area contributed by atoms with Crippen molar-refractivity contribution in [3.63, 3.8) is 0 Å². The molecule has 0 unspecified atom stereocenters. The zero-order chi connectivity index (χ0) is 22.8. The van der Waals surface area contributed by atoms with E-state index in [1.807, 2.05) is 14.0 Å². The summed E-state index contributed by atoms with van der Waals surface area (Å²) in [5.41, 5.74) is 4.23. The quantitative estimate of drug-likeness (QED) is 0.488. The predicted octanol–water partition coefficient (Wildman–Crippen LogP) is 2.68. The van der Waals surface area contributed by atoms with Gasteiger partial charge in [-0.2, -0.15) is 5.10 Å². The largest absolute Gasteiger partial charge is 0.347 e. The van der Waals surface area contributed by atoms with Gasteiger partial charge >= 0.3 is 0 Å². The van der Waals surface area contributed by atoms with Gasteiger partial charge in [-0.1, -0.05) is 18.2 Å². The Kier molecular flexibility index (Phi) is 5.72. The number of rotatable bonds is 6. The van der Waals surface area contributed by atoms with Crippen LogP contribution in [0, 0.1) is 19.7 Å². The van der Waals surface area contributed by atoms with E-state index >= 15 is 0 Å². The molecule has 0 aliphatic heterocycles. The average molecular weight is 434 g/mol. The van der Waals surface area contributed by atoms with Gasteiger partial charge in [0, 0.05) is 19.8 Å². The normalized spacial score (nSPS) is 11.0. The number of halogens is 1. The molecular weight excluding hydrogens is 411 g/mol. The van der Waals surface area contributed by atoms with E-state index in [1.54, 1.807) is 52.5 Å². The maximum Gasteiger partial charge on any atom is 0.271 e. The molecule has 0 bridgehead atoms. The monoisotopic (exact) mass is 434 g/mol. The Morgan fingerprint density at radius 3 is 2.53 bits per heavy atom. The maximum atomic E-state index is 13.4. The number of hydrogen-bond donors (Lipinski definition) is 2. The molecule has 2 N–H and O–H groups in total. The van der Waals surface area contributed by atoms with Crippen LogP contribution in [0.15, 0.2) is 48.8 Å². The van der Waals surface area contributed by atoms with E-state index in [2.05, 4.69) is 20.7 Å². The summed E-state index contributed by atoms with van der Waals surface area (Å²) < 4.78 is 16.7. The van der Waals surface area contributed by atoms with Crippen LogP contribution in [-0.2, 0) is 20.1 Å². The van der Waals surface area contributed by atoms with Gasteiger partial charge < -0.3 is 10.6 Å². The molecule has 0 aliphatic rings. The van der Waals surface area contributed by atoms with Gasteiger partial charge in [0.15, 0.2) is 0 Å². The van der Waals surface area contributed by atoms with Crippen molar-refractivity contribution >= 4 is 17.5 Å². The van der Waals surface area contributed by atoms with Crippen molar-refractivity contribution in [2.75, 3.05) is 0 Å². The molecule has 32 heavy (non-hydrogen) atoms. The number of carbonyl (C=O) groups is 2. The van der Waals surface area contributed by atoms with Gasteiger partial charge in [0.2, 0.25) is 0 Å². The SMILES string of the molecule is Cc1cc(CNC(=O)c2cn3c(C(=O)NCc4c(C)cnn4C)cccc3n2)ccc1F. The summed E-state index contributed by atoms with van der Waals surface area (Å²) >= 11 is 0. The van der Waals surface area contributed by atoms with Gasteiger partial charge in [-0.25, -0.2) is 9.37 Å². The van der Waals surface area contributed by atoms with E-state index in [4.69, 9.17) is 0 Å². The highest BCUT2D eigenvalue weighted by atomic mass is 19.1. The van der Waals surface area contributed by atoms with Gasteiger partial charge in [0.1, 0.15) is 22.9 Å². The second-order valence-electron chi connectivity index (χ2n) is 7.61. The van der Waals surface area contributed by atoms with Crippen LogP contribution in [0.5, 0.6) is 0 Å². The fraction of sp³-hybridized carbons (Fsp3) is 0.217. The molecule has 4 aromatic rings. The van der Waals surface area contributed by atoms with Crippen LogP contribution in [-0.4, -0.2) is 31.0 Å².